The van der Waals surface area contributed by atoms with Crippen LogP contribution in [-0.4, -0.2) is 49.4 Å². The number of hydrogen-bond donors (Lipinski definition) is 3. The number of benzene rings is 1. The molecule has 2 rings (SSSR count). The minimum atomic E-state index is -0.351. The number of anilines is 2. The van der Waals surface area contributed by atoms with Crippen LogP contribution in [0.1, 0.15) is 13.3 Å². The third kappa shape index (κ3) is 3.65. The molecule has 0 radical (unpaired) electrons. The van der Waals surface area contributed by atoms with Crippen molar-refractivity contribution in [3.63, 3.8) is 0 Å². The highest BCUT2D eigenvalue weighted by Crippen LogP contribution is 2.25. The van der Waals surface area contributed by atoms with Crippen molar-refractivity contribution in [1.82, 2.24) is 10.2 Å². The highest BCUT2D eigenvalue weighted by Gasteiger charge is 2.28. The Morgan fingerprint density at radius 3 is 2.71 bits per heavy atom. The van der Waals surface area contributed by atoms with E-state index in [0.717, 1.165) is 17.8 Å². The van der Waals surface area contributed by atoms with Gasteiger partial charge in [0.2, 0.25) is 11.8 Å². The van der Waals surface area contributed by atoms with Gasteiger partial charge in [0.1, 0.15) is 6.04 Å². The van der Waals surface area contributed by atoms with Crippen molar-refractivity contribution in [2.75, 3.05) is 37.3 Å². The molecule has 3 N–H and O–H groups in total. The quantitative estimate of drug-likeness (QED) is 0.752. The van der Waals surface area contributed by atoms with Gasteiger partial charge in [-0.1, -0.05) is 19.1 Å². The summed E-state index contributed by atoms with van der Waals surface area (Å²) in [5.41, 5.74) is 1.91. The fourth-order valence-electron chi connectivity index (χ4n) is 2.37. The number of hydrogen-bond acceptors (Lipinski definition) is 4. The summed E-state index contributed by atoms with van der Waals surface area (Å²) in [6, 6.07) is 7.43. The lowest BCUT2D eigenvalue weighted by molar-refractivity contribution is -0.136. The number of nitrogens with one attached hydrogen (secondary N) is 3. The van der Waals surface area contributed by atoms with Gasteiger partial charge in [0.15, 0.2) is 0 Å². The molecule has 0 bridgehead atoms. The Hall–Kier alpha value is -2.24. The van der Waals surface area contributed by atoms with Gasteiger partial charge in [-0.3, -0.25) is 9.59 Å². The second kappa shape index (κ2) is 6.97. The first-order valence-electron chi connectivity index (χ1n) is 7.24. The molecular formula is C15H22N4O2. The van der Waals surface area contributed by atoms with Crippen LogP contribution in [0.4, 0.5) is 11.4 Å². The van der Waals surface area contributed by atoms with Crippen molar-refractivity contribution in [2.45, 2.75) is 19.4 Å². The van der Waals surface area contributed by atoms with Gasteiger partial charge in [0, 0.05) is 20.1 Å². The number of para-hydroxylation sites is 2. The Morgan fingerprint density at radius 2 is 2.05 bits per heavy atom. The first-order valence-corrected chi connectivity index (χ1v) is 7.24. The summed E-state index contributed by atoms with van der Waals surface area (Å²) in [5.74, 6) is -0.205. The fraction of sp³-hybridized carbons (Fsp3) is 0.467. The minimum Gasteiger partial charge on any atom is -0.381 e. The lowest BCUT2D eigenvalue weighted by Gasteiger charge is -2.31. The molecule has 21 heavy (non-hydrogen) atoms. The molecule has 6 heteroatoms. The van der Waals surface area contributed by atoms with Gasteiger partial charge in [0.25, 0.3) is 0 Å². The number of nitrogens with zero attached hydrogens (tertiary/aromatic N) is 1. The van der Waals surface area contributed by atoms with Crippen molar-refractivity contribution in [3.8, 4) is 0 Å². The molecule has 0 aliphatic carbocycles. The van der Waals surface area contributed by atoms with Crippen molar-refractivity contribution in [3.05, 3.63) is 24.3 Å². The lowest BCUT2D eigenvalue weighted by Crippen LogP contribution is -2.50. The van der Waals surface area contributed by atoms with Crippen molar-refractivity contribution in [2.24, 2.45) is 0 Å². The van der Waals surface area contributed by atoms with Gasteiger partial charge >= 0.3 is 0 Å². The van der Waals surface area contributed by atoms with Gasteiger partial charge in [-0.25, -0.2) is 0 Å². The zero-order valence-electron chi connectivity index (χ0n) is 12.5. The molecule has 0 spiro atoms. The van der Waals surface area contributed by atoms with E-state index in [1.807, 2.05) is 31.2 Å². The van der Waals surface area contributed by atoms with E-state index in [9.17, 15) is 9.59 Å². The summed E-state index contributed by atoms with van der Waals surface area (Å²) in [6.07, 6.45) is 0.819. The van der Waals surface area contributed by atoms with Crippen molar-refractivity contribution in [1.29, 1.82) is 0 Å². The van der Waals surface area contributed by atoms with Crippen LogP contribution in [0.25, 0.3) is 0 Å². The first-order chi connectivity index (χ1) is 10.2. The van der Waals surface area contributed by atoms with Crippen LogP contribution in [0.15, 0.2) is 24.3 Å². The van der Waals surface area contributed by atoms with Gasteiger partial charge in [0.05, 0.1) is 17.9 Å². The Bertz CT molecular complexity index is 518. The molecule has 0 aromatic heterocycles. The van der Waals surface area contributed by atoms with Crippen LogP contribution >= 0.6 is 0 Å². The molecule has 114 valence electrons. The van der Waals surface area contributed by atoms with E-state index >= 15 is 0 Å². The molecule has 1 unspecified atom stereocenters. The molecule has 0 fully saturated rings. The maximum atomic E-state index is 12.6. The Balaban J connectivity index is 2.06. The van der Waals surface area contributed by atoms with Crippen molar-refractivity contribution < 1.29 is 9.59 Å². The van der Waals surface area contributed by atoms with Crippen LogP contribution in [0, 0.1) is 0 Å². The minimum absolute atomic E-state index is 0.0533. The smallest absolute Gasteiger partial charge is 0.247 e. The first kappa shape index (κ1) is 15.2. The maximum absolute atomic E-state index is 12.6. The highest BCUT2D eigenvalue weighted by atomic mass is 16.2. The Morgan fingerprint density at radius 1 is 1.33 bits per heavy atom. The monoisotopic (exact) mass is 290 g/mol. The predicted octanol–water partition coefficient (Wildman–Crippen LogP) is 0.877. The summed E-state index contributed by atoms with van der Waals surface area (Å²) in [7, 11) is 1.58. The highest BCUT2D eigenvalue weighted by molar-refractivity contribution is 5.91. The third-order valence-corrected chi connectivity index (χ3v) is 3.47. The Labute approximate surface area is 124 Å². The number of rotatable bonds is 5. The van der Waals surface area contributed by atoms with Gasteiger partial charge < -0.3 is 20.9 Å². The number of carbonyl (C=O) groups is 2. The lowest BCUT2D eigenvalue weighted by atomic mass is 10.1. The second-order valence-corrected chi connectivity index (χ2v) is 5.06. The molecule has 1 aliphatic rings. The molecule has 6 nitrogen and oxygen atoms in total. The summed E-state index contributed by atoms with van der Waals surface area (Å²) in [5, 5.41) is 9.05. The maximum Gasteiger partial charge on any atom is 0.247 e. The fourth-order valence-corrected chi connectivity index (χ4v) is 2.37. The van der Waals surface area contributed by atoms with Crippen LogP contribution in [-0.2, 0) is 9.59 Å². The molecule has 0 saturated heterocycles. The van der Waals surface area contributed by atoms with E-state index in [4.69, 9.17) is 0 Å². The number of amides is 2. The van der Waals surface area contributed by atoms with E-state index in [2.05, 4.69) is 16.0 Å². The largest absolute Gasteiger partial charge is 0.381 e. The molecule has 2 amide bonds. The normalized spacial score (nSPS) is 16.2. The number of fused-ring (bicyclic) bond motifs is 1. The Kier molecular flexibility index (Phi) is 5.03. The summed E-state index contributed by atoms with van der Waals surface area (Å²) >= 11 is 0. The number of likely N-dealkylation sites (N-methyl/N-ethyl adjacent to an activating group) is 1. The summed E-state index contributed by atoms with van der Waals surface area (Å²) in [4.78, 5) is 25.7. The second-order valence-electron chi connectivity index (χ2n) is 5.06. The predicted molar refractivity (Wildman–Crippen MR) is 83.3 cm³/mol. The molecule has 1 aromatic rings. The summed E-state index contributed by atoms with van der Waals surface area (Å²) < 4.78 is 0. The summed E-state index contributed by atoms with van der Waals surface area (Å²) in [6.45, 7) is 3.19. The molecule has 0 saturated carbocycles. The zero-order valence-corrected chi connectivity index (χ0v) is 12.5. The standard InChI is InChI=1S/C15H22N4O2/c1-3-8-19(10-14(20)16-2)15(21)13-9-17-11-6-4-5-7-12(11)18-13/h4-7,13,17-18H,3,8-10H2,1-2H3,(H,16,20). The van der Waals surface area contributed by atoms with E-state index in [-0.39, 0.29) is 24.4 Å². The molecular weight excluding hydrogens is 268 g/mol. The average molecular weight is 290 g/mol. The van der Waals surface area contributed by atoms with Gasteiger partial charge in [-0.15, -0.1) is 0 Å². The molecule has 1 aromatic carbocycles. The topological polar surface area (TPSA) is 73.5 Å². The van der Waals surface area contributed by atoms with E-state index in [1.54, 1.807) is 11.9 Å². The molecule has 1 heterocycles. The van der Waals surface area contributed by atoms with Crippen LogP contribution in [0.5, 0.6) is 0 Å². The zero-order chi connectivity index (χ0) is 15.2. The van der Waals surface area contributed by atoms with E-state index in [0.29, 0.717) is 13.1 Å². The van der Waals surface area contributed by atoms with Crippen molar-refractivity contribution >= 4 is 23.2 Å². The van der Waals surface area contributed by atoms with E-state index in [1.165, 1.54) is 0 Å². The van der Waals surface area contributed by atoms with Gasteiger partial charge in [-0.05, 0) is 18.6 Å². The molecule has 1 atom stereocenters. The third-order valence-electron chi connectivity index (χ3n) is 3.47. The average Bonchev–Trinajstić information content (AvgIpc) is 2.53. The van der Waals surface area contributed by atoms with Gasteiger partial charge in [-0.2, -0.15) is 0 Å². The van der Waals surface area contributed by atoms with Crippen LogP contribution in [0.2, 0.25) is 0 Å². The molecule has 1 aliphatic heterocycles. The SMILES string of the molecule is CCCN(CC(=O)NC)C(=O)C1CNc2ccccc2N1. The van der Waals surface area contributed by atoms with E-state index < -0.39 is 0 Å². The number of carbonyl (C=O) groups excluding carboxylic acids is 2. The van der Waals surface area contributed by atoms with Crippen LogP contribution < -0.4 is 16.0 Å². The van der Waals surface area contributed by atoms with Crippen LogP contribution in [0.3, 0.4) is 0 Å².